The topological polar surface area (TPSA) is 79.2 Å². The maximum Gasteiger partial charge on any atom is 0.255 e. The van der Waals surface area contributed by atoms with Crippen molar-refractivity contribution in [2.24, 2.45) is 0 Å². The summed E-state index contributed by atoms with van der Waals surface area (Å²) in [4.78, 5) is 26.5. The Balaban J connectivity index is 1.81. The van der Waals surface area contributed by atoms with Gasteiger partial charge in [0.05, 0.1) is 11.7 Å². The normalized spacial score (nSPS) is 18.8. The van der Waals surface area contributed by atoms with Gasteiger partial charge in [0.2, 0.25) is 0 Å². The highest BCUT2D eigenvalue weighted by atomic mass is 16.3. The van der Waals surface area contributed by atoms with E-state index in [9.17, 15) is 9.90 Å². The highest BCUT2D eigenvalue weighted by molar-refractivity contribution is 5.95. The van der Waals surface area contributed by atoms with E-state index in [1.165, 1.54) is 6.33 Å². The number of hydrogen-bond donors (Lipinski definition) is 1. The summed E-state index contributed by atoms with van der Waals surface area (Å²) in [6, 6.07) is 1.81. The van der Waals surface area contributed by atoms with Gasteiger partial charge in [-0.05, 0) is 25.3 Å². The fraction of sp³-hybridized carbons (Fsp3) is 0.375. The van der Waals surface area contributed by atoms with Crippen molar-refractivity contribution in [3.63, 3.8) is 0 Å². The molecule has 2 aromatic heterocycles. The number of carbonyl (C=O) groups is 1. The van der Waals surface area contributed by atoms with Gasteiger partial charge in [0, 0.05) is 49.0 Å². The lowest BCUT2D eigenvalue weighted by Crippen LogP contribution is -2.32. The van der Waals surface area contributed by atoms with Crippen LogP contribution >= 0.6 is 0 Å². The van der Waals surface area contributed by atoms with Crippen molar-refractivity contribution in [3.05, 3.63) is 42.7 Å². The molecule has 1 saturated heterocycles. The summed E-state index contributed by atoms with van der Waals surface area (Å²) in [5.74, 6) is -0.0414. The number of likely N-dealkylation sites (tertiary alicyclic amines) is 1. The van der Waals surface area contributed by atoms with E-state index >= 15 is 0 Å². The molecule has 0 radical (unpaired) electrons. The third-order valence-electron chi connectivity index (χ3n) is 3.86. The molecule has 2 aromatic rings. The second-order valence-electron chi connectivity index (χ2n) is 5.47. The van der Waals surface area contributed by atoms with E-state index in [-0.39, 0.29) is 12.0 Å². The first-order valence-corrected chi connectivity index (χ1v) is 7.42. The predicted octanol–water partition coefficient (Wildman–Crippen LogP) is 1.53. The minimum Gasteiger partial charge on any atom is -0.393 e. The molecule has 1 fully saturated rings. The molecule has 0 spiro atoms. The van der Waals surface area contributed by atoms with E-state index in [4.69, 9.17) is 0 Å². The molecule has 3 rings (SSSR count). The molecule has 1 amide bonds. The van der Waals surface area contributed by atoms with E-state index in [1.54, 1.807) is 29.7 Å². The number of carbonyl (C=O) groups excluding carboxylic acids is 1. The van der Waals surface area contributed by atoms with E-state index in [1.807, 2.05) is 6.07 Å². The van der Waals surface area contributed by atoms with Crippen molar-refractivity contribution in [1.82, 2.24) is 19.9 Å². The van der Waals surface area contributed by atoms with Gasteiger partial charge in [0.25, 0.3) is 5.91 Å². The van der Waals surface area contributed by atoms with Crippen LogP contribution in [0, 0.1) is 0 Å². The van der Waals surface area contributed by atoms with E-state index in [0.717, 1.165) is 24.0 Å². The van der Waals surface area contributed by atoms with Gasteiger partial charge in [-0.2, -0.15) is 0 Å². The zero-order valence-corrected chi connectivity index (χ0v) is 12.2. The third kappa shape index (κ3) is 3.28. The fourth-order valence-electron chi connectivity index (χ4n) is 2.63. The molecule has 1 aliphatic heterocycles. The highest BCUT2D eigenvalue weighted by Gasteiger charge is 2.21. The number of hydrogen-bond acceptors (Lipinski definition) is 5. The Morgan fingerprint density at radius 3 is 2.64 bits per heavy atom. The number of rotatable bonds is 2. The molecule has 6 nitrogen and oxygen atoms in total. The molecule has 22 heavy (non-hydrogen) atoms. The average Bonchev–Trinajstić information content (AvgIpc) is 2.80. The summed E-state index contributed by atoms with van der Waals surface area (Å²) in [6.45, 7) is 1.26. The molecule has 1 N–H and O–H groups in total. The van der Waals surface area contributed by atoms with Crippen molar-refractivity contribution in [1.29, 1.82) is 0 Å². The Morgan fingerprint density at radius 2 is 1.82 bits per heavy atom. The van der Waals surface area contributed by atoms with Gasteiger partial charge < -0.3 is 10.0 Å². The van der Waals surface area contributed by atoms with Crippen LogP contribution in [0.3, 0.4) is 0 Å². The SMILES string of the molecule is O=C(c1cncc(-c2cncnc2)c1)N1CCCC(O)CC1. The number of aromatic nitrogens is 3. The van der Waals surface area contributed by atoms with Crippen LogP contribution in [0.4, 0.5) is 0 Å². The van der Waals surface area contributed by atoms with E-state index in [2.05, 4.69) is 15.0 Å². The second kappa shape index (κ2) is 6.62. The lowest BCUT2D eigenvalue weighted by atomic mass is 10.1. The molecular formula is C16H18N4O2. The third-order valence-corrected chi connectivity index (χ3v) is 3.86. The standard InChI is InChI=1S/C16H18N4O2/c21-15-2-1-4-20(5-3-15)16(22)13-6-12(7-17-8-13)14-9-18-11-19-10-14/h6-11,15,21H,1-5H2. The van der Waals surface area contributed by atoms with Crippen LogP contribution in [0.25, 0.3) is 11.1 Å². The Morgan fingerprint density at radius 1 is 1.05 bits per heavy atom. The number of aliphatic hydroxyl groups excluding tert-OH is 1. The summed E-state index contributed by atoms with van der Waals surface area (Å²) >= 11 is 0. The van der Waals surface area contributed by atoms with Crippen molar-refractivity contribution in [3.8, 4) is 11.1 Å². The monoisotopic (exact) mass is 298 g/mol. The van der Waals surface area contributed by atoms with E-state index in [0.29, 0.717) is 25.1 Å². The van der Waals surface area contributed by atoms with Crippen LogP contribution in [0.2, 0.25) is 0 Å². The first kappa shape index (κ1) is 14.6. The van der Waals surface area contributed by atoms with Crippen molar-refractivity contribution >= 4 is 5.91 Å². The zero-order valence-electron chi connectivity index (χ0n) is 12.2. The highest BCUT2D eigenvalue weighted by Crippen LogP contribution is 2.19. The van der Waals surface area contributed by atoms with Gasteiger partial charge in [-0.25, -0.2) is 9.97 Å². The minimum atomic E-state index is -0.302. The predicted molar refractivity (Wildman–Crippen MR) is 81.0 cm³/mol. The lowest BCUT2D eigenvalue weighted by molar-refractivity contribution is 0.0752. The summed E-state index contributed by atoms with van der Waals surface area (Å²) in [5, 5.41) is 9.69. The maximum atomic E-state index is 12.6. The second-order valence-corrected chi connectivity index (χ2v) is 5.47. The molecule has 114 valence electrons. The summed E-state index contributed by atoms with van der Waals surface area (Å²) < 4.78 is 0. The lowest BCUT2D eigenvalue weighted by Gasteiger charge is -2.20. The molecule has 0 aliphatic carbocycles. The number of nitrogens with zero attached hydrogens (tertiary/aromatic N) is 4. The van der Waals surface area contributed by atoms with Crippen LogP contribution in [0.1, 0.15) is 29.6 Å². The van der Waals surface area contributed by atoms with Gasteiger partial charge in [0.15, 0.2) is 0 Å². The molecule has 0 bridgehead atoms. The van der Waals surface area contributed by atoms with Crippen LogP contribution < -0.4 is 0 Å². The van der Waals surface area contributed by atoms with Gasteiger partial charge in [-0.3, -0.25) is 9.78 Å². The fourth-order valence-corrected chi connectivity index (χ4v) is 2.63. The summed E-state index contributed by atoms with van der Waals surface area (Å²) in [5.41, 5.74) is 2.20. The Kier molecular flexibility index (Phi) is 4.39. The molecule has 1 unspecified atom stereocenters. The first-order chi connectivity index (χ1) is 10.7. The number of amides is 1. The molecule has 3 heterocycles. The van der Waals surface area contributed by atoms with Crippen molar-refractivity contribution < 1.29 is 9.90 Å². The van der Waals surface area contributed by atoms with Crippen LogP contribution in [0.5, 0.6) is 0 Å². The zero-order chi connectivity index (χ0) is 15.4. The summed E-state index contributed by atoms with van der Waals surface area (Å²) in [7, 11) is 0. The molecular weight excluding hydrogens is 280 g/mol. The molecule has 6 heteroatoms. The molecule has 0 saturated carbocycles. The minimum absolute atomic E-state index is 0.0414. The van der Waals surface area contributed by atoms with Crippen molar-refractivity contribution in [2.45, 2.75) is 25.4 Å². The van der Waals surface area contributed by atoms with Gasteiger partial charge in [-0.15, -0.1) is 0 Å². The Labute approximate surface area is 128 Å². The van der Waals surface area contributed by atoms with Crippen molar-refractivity contribution in [2.75, 3.05) is 13.1 Å². The molecule has 1 aliphatic rings. The largest absolute Gasteiger partial charge is 0.393 e. The molecule has 0 aromatic carbocycles. The van der Waals surface area contributed by atoms with Gasteiger partial charge in [-0.1, -0.05) is 0 Å². The van der Waals surface area contributed by atoms with Crippen LogP contribution in [-0.2, 0) is 0 Å². The Hall–Kier alpha value is -2.34. The van der Waals surface area contributed by atoms with Gasteiger partial charge >= 0.3 is 0 Å². The first-order valence-electron chi connectivity index (χ1n) is 7.42. The number of aliphatic hydroxyl groups is 1. The molecule has 1 atom stereocenters. The van der Waals surface area contributed by atoms with Crippen LogP contribution in [-0.4, -0.2) is 50.1 Å². The van der Waals surface area contributed by atoms with Gasteiger partial charge in [0.1, 0.15) is 6.33 Å². The smallest absolute Gasteiger partial charge is 0.255 e. The Bertz CT molecular complexity index is 648. The van der Waals surface area contributed by atoms with Crippen LogP contribution in [0.15, 0.2) is 37.2 Å². The van der Waals surface area contributed by atoms with E-state index < -0.39 is 0 Å². The summed E-state index contributed by atoms with van der Waals surface area (Å²) in [6.07, 6.45) is 10.0. The average molecular weight is 298 g/mol. The number of pyridine rings is 1. The maximum absolute atomic E-state index is 12.6. The quantitative estimate of drug-likeness (QED) is 0.909.